The van der Waals surface area contributed by atoms with Crippen molar-refractivity contribution in [3.05, 3.63) is 71.8 Å². The highest BCUT2D eigenvalue weighted by Gasteiger charge is 2.36. The van der Waals surface area contributed by atoms with Gasteiger partial charge in [-0.05, 0) is 30.7 Å². The molecule has 7 heteroatoms. The van der Waals surface area contributed by atoms with E-state index in [-0.39, 0.29) is 11.7 Å². The first kappa shape index (κ1) is 17.1. The number of hydrogen-bond donors (Lipinski definition) is 2. The van der Waals surface area contributed by atoms with E-state index in [2.05, 4.69) is 20.3 Å². The molecule has 0 saturated heterocycles. The minimum absolute atomic E-state index is 0.187. The largest absolute Gasteiger partial charge is 0.495 e. The molecule has 1 aliphatic rings. The second-order valence-corrected chi connectivity index (χ2v) is 6.70. The Balaban J connectivity index is 1.79. The maximum absolute atomic E-state index is 14.8. The fraction of sp³-hybridized carbons (Fsp3) is 0.200. The molecule has 1 atom stereocenters. The number of benzene rings is 1. The van der Waals surface area contributed by atoms with E-state index < -0.39 is 5.54 Å². The minimum Gasteiger partial charge on any atom is -0.495 e. The molecule has 27 heavy (non-hydrogen) atoms. The van der Waals surface area contributed by atoms with Crippen LogP contribution in [0.5, 0.6) is 5.75 Å². The summed E-state index contributed by atoms with van der Waals surface area (Å²) in [5.74, 6) is 0.481. The zero-order valence-electron chi connectivity index (χ0n) is 15.0. The molecule has 0 bridgehead atoms. The third-order valence-corrected chi connectivity index (χ3v) is 4.83. The molecule has 2 aromatic heterocycles. The topological polar surface area (TPSA) is 83.8 Å². The highest BCUT2D eigenvalue weighted by Crippen LogP contribution is 2.34. The molecule has 6 nitrogen and oxygen atoms in total. The Hall–Kier alpha value is -3.35. The molecular weight excluding hydrogens is 345 g/mol. The molecule has 4 rings (SSSR count). The molecule has 0 spiro atoms. The summed E-state index contributed by atoms with van der Waals surface area (Å²) in [5.41, 5.74) is 2.68. The van der Waals surface area contributed by atoms with Gasteiger partial charge in [-0.3, -0.25) is 10.4 Å². The zero-order valence-corrected chi connectivity index (χ0v) is 15.0. The van der Waals surface area contributed by atoms with Crippen molar-refractivity contribution < 1.29 is 9.13 Å². The highest BCUT2D eigenvalue weighted by molar-refractivity contribution is 5.98. The number of pyridine rings is 1. The normalized spacial score (nSPS) is 18.6. The molecule has 3 heterocycles. The summed E-state index contributed by atoms with van der Waals surface area (Å²) in [4.78, 5) is 12.4. The van der Waals surface area contributed by atoms with E-state index in [4.69, 9.17) is 10.1 Å². The predicted octanol–water partition coefficient (Wildman–Crippen LogP) is 3.07. The Morgan fingerprint density at radius 2 is 2.00 bits per heavy atom. The Morgan fingerprint density at radius 3 is 2.81 bits per heavy atom. The van der Waals surface area contributed by atoms with Crippen molar-refractivity contribution in [3.63, 3.8) is 0 Å². The molecule has 0 amide bonds. The van der Waals surface area contributed by atoms with Gasteiger partial charge in [0.05, 0.1) is 30.1 Å². The molecule has 3 aromatic rings. The number of nitrogens with zero attached hydrogens (tertiary/aromatic N) is 3. The number of hydrogen-bond acceptors (Lipinski definition) is 5. The van der Waals surface area contributed by atoms with Crippen LogP contribution in [0.3, 0.4) is 0 Å². The van der Waals surface area contributed by atoms with Gasteiger partial charge in [0, 0.05) is 29.9 Å². The number of aromatic nitrogens is 3. The number of fused-ring (bicyclic) bond motifs is 1. The van der Waals surface area contributed by atoms with Gasteiger partial charge in [-0.1, -0.05) is 6.07 Å². The van der Waals surface area contributed by atoms with E-state index in [1.165, 1.54) is 12.4 Å². The Morgan fingerprint density at radius 1 is 1.15 bits per heavy atom. The van der Waals surface area contributed by atoms with Gasteiger partial charge in [0.15, 0.2) is 0 Å². The number of amidine groups is 1. The van der Waals surface area contributed by atoms with Crippen LogP contribution >= 0.6 is 0 Å². The van der Waals surface area contributed by atoms with Gasteiger partial charge in [0.25, 0.3) is 0 Å². The van der Waals surface area contributed by atoms with Crippen molar-refractivity contribution in [2.24, 2.45) is 0 Å². The molecule has 0 radical (unpaired) electrons. The van der Waals surface area contributed by atoms with E-state index in [0.29, 0.717) is 23.3 Å². The average Bonchev–Trinajstić information content (AvgIpc) is 2.68. The van der Waals surface area contributed by atoms with Crippen LogP contribution in [-0.2, 0) is 12.0 Å². The van der Waals surface area contributed by atoms with Crippen LogP contribution in [0.2, 0.25) is 0 Å². The first-order valence-electron chi connectivity index (χ1n) is 8.45. The lowest BCUT2D eigenvalue weighted by Gasteiger charge is -2.37. The number of halogens is 1. The fourth-order valence-electron chi connectivity index (χ4n) is 3.41. The molecule has 2 N–H and O–H groups in total. The fourth-order valence-corrected chi connectivity index (χ4v) is 3.41. The average molecular weight is 363 g/mol. The lowest BCUT2D eigenvalue weighted by Crippen LogP contribution is -2.50. The summed E-state index contributed by atoms with van der Waals surface area (Å²) >= 11 is 0. The van der Waals surface area contributed by atoms with Crippen LogP contribution < -0.4 is 10.1 Å². The van der Waals surface area contributed by atoms with Gasteiger partial charge >= 0.3 is 0 Å². The van der Waals surface area contributed by atoms with Gasteiger partial charge < -0.3 is 10.1 Å². The first-order valence-corrected chi connectivity index (χ1v) is 8.45. The molecule has 136 valence electrons. The van der Waals surface area contributed by atoms with Crippen LogP contribution in [0, 0.1) is 11.2 Å². The summed E-state index contributed by atoms with van der Waals surface area (Å²) in [6.45, 7) is 1.87. The molecular formula is C20H18FN5O. The Labute approximate surface area is 156 Å². The van der Waals surface area contributed by atoms with E-state index in [0.717, 1.165) is 16.8 Å². The van der Waals surface area contributed by atoms with Gasteiger partial charge in [-0.15, -0.1) is 0 Å². The number of ether oxygens (including phenoxy) is 1. The van der Waals surface area contributed by atoms with Crippen molar-refractivity contribution in [1.82, 2.24) is 20.3 Å². The summed E-state index contributed by atoms with van der Waals surface area (Å²) in [7, 11) is 1.58. The van der Waals surface area contributed by atoms with E-state index in [9.17, 15) is 4.39 Å². The SMILES string of the molecule is COc1cncc(-c2ccc(F)c([C@]3(C)Cc4ncncc4C(=N)N3)c2)c1. The summed E-state index contributed by atoms with van der Waals surface area (Å²) < 4.78 is 20.0. The maximum Gasteiger partial charge on any atom is 0.137 e. The van der Waals surface area contributed by atoms with Gasteiger partial charge in [0.2, 0.25) is 0 Å². The summed E-state index contributed by atoms with van der Waals surface area (Å²) in [6, 6.07) is 6.79. The first-order chi connectivity index (χ1) is 13.0. The zero-order chi connectivity index (χ0) is 19.0. The van der Waals surface area contributed by atoms with E-state index in [1.807, 2.05) is 13.0 Å². The van der Waals surface area contributed by atoms with Crippen molar-refractivity contribution in [3.8, 4) is 16.9 Å². The smallest absolute Gasteiger partial charge is 0.137 e. The van der Waals surface area contributed by atoms with Crippen molar-refractivity contribution in [2.45, 2.75) is 18.9 Å². The quantitative estimate of drug-likeness (QED) is 0.747. The van der Waals surface area contributed by atoms with Crippen LogP contribution in [-0.4, -0.2) is 27.9 Å². The third-order valence-electron chi connectivity index (χ3n) is 4.83. The molecule has 1 aliphatic heterocycles. The maximum atomic E-state index is 14.8. The van der Waals surface area contributed by atoms with Gasteiger partial charge in [-0.2, -0.15) is 0 Å². The second-order valence-electron chi connectivity index (χ2n) is 6.70. The monoisotopic (exact) mass is 363 g/mol. The summed E-state index contributed by atoms with van der Waals surface area (Å²) in [5, 5.41) is 11.4. The van der Waals surface area contributed by atoms with Gasteiger partial charge in [-0.25, -0.2) is 14.4 Å². The van der Waals surface area contributed by atoms with E-state index >= 15 is 0 Å². The predicted molar refractivity (Wildman–Crippen MR) is 99.2 cm³/mol. The molecule has 1 aromatic carbocycles. The van der Waals surface area contributed by atoms with Crippen molar-refractivity contribution in [2.75, 3.05) is 7.11 Å². The standard InChI is InChI=1S/C20H18FN5O/c1-20(7-18-15(19(22)26-20)10-24-11-25-18)16-6-12(3-4-17(16)21)13-5-14(27-2)9-23-8-13/h3-6,8-11H,7H2,1-2H3,(H2,22,26)/t20-/m0/s1. The van der Waals surface area contributed by atoms with Gasteiger partial charge in [0.1, 0.15) is 23.7 Å². The molecule has 0 saturated carbocycles. The highest BCUT2D eigenvalue weighted by atomic mass is 19.1. The second kappa shape index (κ2) is 6.42. The van der Waals surface area contributed by atoms with Crippen molar-refractivity contribution in [1.29, 1.82) is 5.41 Å². The van der Waals surface area contributed by atoms with Crippen LogP contribution in [0.4, 0.5) is 4.39 Å². The van der Waals surface area contributed by atoms with Crippen LogP contribution in [0.25, 0.3) is 11.1 Å². The molecule has 0 unspecified atom stereocenters. The number of rotatable bonds is 3. The molecule has 0 aliphatic carbocycles. The minimum atomic E-state index is -0.801. The lowest BCUT2D eigenvalue weighted by atomic mass is 9.81. The van der Waals surface area contributed by atoms with Crippen LogP contribution in [0.1, 0.15) is 23.7 Å². The third kappa shape index (κ3) is 3.01. The van der Waals surface area contributed by atoms with Crippen molar-refractivity contribution >= 4 is 5.84 Å². The number of methoxy groups -OCH3 is 1. The molecule has 0 fully saturated rings. The van der Waals surface area contributed by atoms with E-state index in [1.54, 1.807) is 37.8 Å². The summed E-state index contributed by atoms with van der Waals surface area (Å²) in [6.07, 6.45) is 6.83. The number of nitrogens with one attached hydrogen (secondary N) is 2. The Bertz CT molecular complexity index is 1040. The Kier molecular flexibility index (Phi) is 4.07. The lowest BCUT2D eigenvalue weighted by molar-refractivity contribution is 0.395. The van der Waals surface area contributed by atoms with Crippen LogP contribution in [0.15, 0.2) is 49.2 Å².